The Labute approximate surface area is 83.8 Å². The third-order valence-electron chi connectivity index (χ3n) is 2.50. The van der Waals surface area contributed by atoms with E-state index < -0.39 is 0 Å². The van der Waals surface area contributed by atoms with Crippen molar-refractivity contribution in [3.05, 3.63) is 42.1 Å². The number of nitrogens with zero attached hydrogens (tertiary/aromatic N) is 1. The summed E-state index contributed by atoms with van der Waals surface area (Å²) in [6.07, 6.45) is 2.77. The van der Waals surface area contributed by atoms with Crippen molar-refractivity contribution in [1.82, 2.24) is 4.98 Å². The standard InChI is InChI=1S/C12H14N2/c1-2-11(13)10-6-5-9-4-3-7-14-12(9)8-10/h3-8,11H,2,13H2,1H3. The molecule has 2 heteroatoms. The molecule has 2 rings (SSSR count). The predicted octanol–water partition coefficient (Wildman–Crippen LogP) is 2.64. The van der Waals surface area contributed by atoms with Gasteiger partial charge in [0.05, 0.1) is 5.52 Å². The number of fused-ring (bicyclic) bond motifs is 1. The summed E-state index contributed by atoms with van der Waals surface area (Å²) >= 11 is 0. The number of pyridine rings is 1. The number of hydrogen-bond acceptors (Lipinski definition) is 2. The van der Waals surface area contributed by atoms with Crippen LogP contribution in [0.1, 0.15) is 24.9 Å². The van der Waals surface area contributed by atoms with E-state index in [0.29, 0.717) is 0 Å². The zero-order valence-electron chi connectivity index (χ0n) is 8.27. The van der Waals surface area contributed by atoms with E-state index in [1.54, 1.807) is 0 Å². The first-order valence-electron chi connectivity index (χ1n) is 4.91. The molecule has 0 bridgehead atoms. The van der Waals surface area contributed by atoms with E-state index in [4.69, 9.17) is 5.73 Å². The molecule has 0 saturated carbocycles. The molecule has 0 aliphatic rings. The summed E-state index contributed by atoms with van der Waals surface area (Å²) in [4.78, 5) is 4.30. The maximum absolute atomic E-state index is 5.96. The Morgan fingerprint density at radius 1 is 1.36 bits per heavy atom. The van der Waals surface area contributed by atoms with Crippen LogP contribution < -0.4 is 5.73 Å². The Balaban J connectivity index is 2.51. The molecule has 0 spiro atoms. The lowest BCUT2D eigenvalue weighted by Gasteiger charge is -2.09. The van der Waals surface area contributed by atoms with Crippen LogP contribution in [0.3, 0.4) is 0 Å². The monoisotopic (exact) mass is 186 g/mol. The number of benzene rings is 1. The van der Waals surface area contributed by atoms with Gasteiger partial charge in [-0.05, 0) is 24.1 Å². The first-order valence-corrected chi connectivity index (χ1v) is 4.91. The molecule has 2 N–H and O–H groups in total. The summed E-state index contributed by atoms with van der Waals surface area (Å²) in [6, 6.07) is 10.4. The first-order chi connectivity index (χ1) is 6.81. The van der Waals surface area contributed by atoms with Crippen LogP contribution in [0.2, 0.25) is 0 Å². The van der Waals surface area contributed by atoms with E-state index in [2.05, 4.69) is 36.2 Å². The molecule has 1 atom stereocenters. The first kappa shape index (κ1) is 9.16. The van der Waals surface area contributed by atoms with E-state index in [1.165, 1.54) is 10.9 Å². The molecule has 0 fully saturated rings. The molecular formula is C12H14N2. The summed E-state index contributed by atoms with van der Waals surface area (Å²) in [7, 11) is 0. The average molecular weight is 186 g/mol. The van der Waals surface area contributed by atoms with Crippen molar-refractivity contribution in [2.75, 3.05) is 0 Å². The van der Waals surface area contributed by atoms with E-state index in [9.17, 15) is 0 Å². The van der Waals surface area contributed by atoms with Gasteiger partial charge in [-0.25, -0.2) is 0 Å². The molecule has 0 aliphatic carbocycles. The highest BCUT2D eigenvalue weighted by Crippen LogP contribution is 2.18. The van der Waals surface area contributed by atoms with Crippen molar-refractivity contribution in [1.29, 1.82) is 0 Å². The fourth-order valence-electron chi connectivity index (χ4n) is 1.55. The minimum Gasteiger partial charge on any atom is -0.324 e. The van der Waals surface area contributed by atoms with Crippen LogP contribution in [0, 0.1) is 0 Å². The van der Waals surface area contributed by atoms with Gasteiger partial charge in [-0.2, -0.15) is 0 Å². The van der Waals surface area contributed by atoms with Gasteiger partial charge in [0.1, 0.15) is 0 Å². The minimum absolute atomic E-state index is 0.126. The molecule has 1 aromatic heterocycles. The second-order valence-electron chi connectivity index (χ2n) is 3.47. The van der Waals surface area contributed by atoms with E-state index >= 15 is 0 Å². The van der Waals surface area contributed by atoms with Crippen molar-refractivity contribution in [3.8, 4) is 0 Å². The molecule has 0 radical (unpaired) electrons. The van der Waals surface area contributed by atoms with Gasteiger partial charge >= 0.3 is 0 Å². The number of hydrogen-bond donors (Lipinski definition) is 1. The van der Waals surface area contributed by atoms with Crippen molar-refractivity contribution >= 4 is 10.9 Å². The molecule has 0 saturated heterocycles. The number of nitrogens with two attached hydrogens (primary N) is 1. The molecule has 14 heavy (non-hydrogen) atoms. The topological polar surface area (TPSA) is 38.9 Å². The Bertz CT molecular complexity index is 437. The van der Waals surface area contributed by atoms with Crippen LogP contribution in [0.5, 0.6) is 0 Å². The molecule has 0 aliphatic heterocycles. The van der Waals surface area contributed by atoms with E-state index in [-0.39, 0.29) is 6.04 Å². The summed E-state index contributed by atoms with van der Waals surface area (Å²) in [5, 5.41) is 1.17. The van der Waals surface area contributed by atoms with Crippen LogP contribution in [-0.2, 0) is 0 Å². The van der Waals surface area contributed by atoms with Crippen molar-refractivity contribution in [2.24, 2.45) is 5.73 Å². The molecule has 2 aromatic rings. The zero-order chi connectivity index (χ0) is 9.97. The highest BCUT2D eigenvalue weighted by atomic mass is 14.7. The lowest BCUT2D eigenvalue weighted by Crippen LogP contribution is -2.08. The smallest absolute Gasteiger partial charge is 0.0705 e. The summed E-state index contributed by atoms with van der Waals surface area (Å²) in [5.74, 6) is 0. The average Bonchev–Trinajstić information content (AvgIpc) is 2.27. The molecule has 1 unspecified atom stereocenters. The highest BCUT2D eigenvalue weighted by molar-refractivity contribution is 5.78. The normalized spacial score (nSPS) is 13.0. The summed E-state index contributed by atoms with van der Waals surface area (Å²) < 4.78 is 0. The Hall–Kier alpha value is -1.41. The SMILES string of the molecule is CCC(N)c1ccc2cccnc2c1. The van der Waals surface area contributed by atoms with E-state index in [1.807, 2.05) is 12.3 Å². The van der Waals surface area contributed by atoms with Gasteiger partial charge in [-0.1, -0.05) is 25.1 Å². The third kappa shape index (κ3) is 1.61. The lowest BCUT2D eigenvalue weighted by atomic mass is 10.0. The number of rotatable bonds is 2. The van der Waals surface area contributed by atoms with Crippen LogP contribution in [0.25, 0.3) is 10.9 Å². The molecule has 1 aromatic carbocycles. The number of aromatic nitrogens is 1. The van der Waals surface area contributed by atoms with Gasteiger partial charge in [0, 0.05) is 17.6 Å². The quantitative estimate of drug-likeness (QED) is 0.783. The lowest BCUT2D eigenvalue weighted by molar-refractivity contribution is 0.699. The van der Waals surface area contributed by atoms with Crippen molar-refractivity contribution in [3.63, 3.8) is 0 Å². The Morgan fingerprint density at radius 2 is 2.21 bits per heavy atom. The van der Waals surface area contributed by atoms with Gasteiger partial charge in [0.2, 0.25) is 0 Å². The zero-order valence-corrected chi connectivity index (χ0v) is 8.27. The molecular weight excluding hydrogens is 172 g/mol. The molecule has 2 nitrogen and oxygen atoms in total. The van der Waals surface area contributed by atoms with Gasteiger partial charge in [0.15, 0.2) is 0 Å². The van der Waals surface area contributed by atoms with Gasteiger partial charge < -0.3 is 5.73 Å². The molecule has 1 heterocycles. The second-order valence-corrected chi connectivity index (χ2v) is 3.47. The van der Waals surface area contributed by atoms with Crippen LogP contribution in [-0.4, -0.2) is 4.98 Å². The largest absolute Gasteiger partial charge is 0.324 e. The predicted molar refractivity (Wildman–Crippen MR) is 59.0 cm³/mol. The van der Waals surface area contributed by atoms with Crippen LogP contribution >= 0.6 is 0 Å². The van der Waals surface area contributed by atoms with E-state index in [0.717, 1.165) is 11.9 Å². The van der Waals surface area contributed by atoms with Crippen LogP contribution in [0.4, 0.5) is 0 Å². The van der Waals surface area contributed by atoms with Crippen molar-refractivity contribution in [2.45, 2.75) is 19.4 Å². The van der Waals surface area contributed by atoms with Gasteiger partial charge in [0.25, 0.3) is 0 Å². The van der Waals surface area contributed by atoms with Gasteiger partial charge in [-0.15, -0.1) is 0 Å². The molecule has 0 amide bonds. The highest BCUT2D eigenvalue weighted by Gasteiger charge is 2.03. The van der Waals surface area contributed by atoms with Gasteiger partial charge in [-0.3, -0.25) is 4.98 Å². The maximum atomic E-state index is 5.96. The van der Waals surface area contributed by atoms with Crippen molar-refractivity contribution < 1.29 is 0 Å². The second kappa shape index (κ2) is 3.76. The summed E-state index contributed by atoms with van der Waals surface area (Å²) in [6.45, 7) is 2.09. The fraction of sp³-hybridized carbons (Fsp3) is 0.250. The van der Waals surface area contributed by atoms with Crippen LogP contribution in [0.15, 0.2) is 36.5 Å². The fourth-order valence-corrected chi connectivity index (χ4v) is 1.55. The Morgan fingerprint density at radius 3 is 3.00 bits per heavy atom. The third-order valence-corrected chi connectivity index (χ3v) is 2.50. The maximum Gasteiger partial charge on any atom is 0.0705 e. The molecule has 72 valence electrons. The minimum atomic E-state index is 0.126. The summed E-state index contributed by atoms with van der Waals surface area (Å²) in [5.41, 5.74) is 8.15. The Kier molecular flexibility index (Phi) is 2.46.